The van der Waals surface area contributed by atoms with Crippen molar-refractivity contribution < 1.29 is 23.0 Å². The summed E-state index contributed by atoms with van der Waals surface area (Å²) in [7, 11) is -0.665. The highest BCUT2D eigenvalue weighted by molar-refractivity contribution is 7.89. The molecule has 0 aliphatic carbocycles. The Morgan fingerprint density at radius 3 is 1.68 bits per heavy atom. The number of hydrogen-bond acceptors (Lipinski definition) is 5. The third-order valence-corrected chi connectivity index (χ3v) is 7.71. The molecule has 170 valence electrons. The molecule has 0 fully saturated rings. The SMILES string of the molecule is C=CC[C@H](O)[C@@H](C(C)C)S(=O)(=O)N(Cc1ccc(OC)cc1)Cc1ccc(OC)cc1. The molecule has 6 nitrogen and oxygen atoms in total. The maximum absolute atomic E-state index is 13.7. The van der Waals surface area contributed by atoms with Gasteiger partial charge in [-0.15, -0.1) is 6.58 Å². The number of methoxy groups -OCH3 is 2. The summed E-state index contributed by atoms with van der Waals surface area (Å²) in [5.41, 5.74) is 1.66. The maximum Gasteiger partial charge on any atom is 0.220 e. The molecule has 0 spiro atoms. The molecule has 0 bridgehead atoms. The molecule has 2 atom stereocenters. The van der Waals surface area contributed by atoms with Crippen molar-refractivity contribution in [3.63, 3.8) is 0 Å². The Morgan fingerprint density at radius 1 is 0.935 bits per heavy atom. The fourth-order valence-electron chi connectivity index (χ4n) is 3.57. The Morgan fingerprint density at radius 2 is 1.35 bits per heavy atom. The van der Waals surface area contributed by atoms with Gasteiger partial charge in [0.15, 0.2) is 0 Å². The summed E-state index contributed by atoms with van der Waals surface area (Å²) in [6.45, 7) is 7.64. The highest BCUT2D eigenvalue weighted by Crippen LogP contribution is 2.27. The van der Waals surface area contributed by atoms with Crippen molar-refractivity contribution in [2.24, 2.45) is 5.92 Å². The van der Waals surface area contributed by atoms with Crippen LogP contribution < -0.4 is 9.47 Å². The second-order valence-electron chi connectivity index (χ2n) is 7.81. The number of aliphatic hydroxyl groups is 1. The van der Waals surface area contributed by atoms with Crippen molar-refractivity contribution >= 4 is 10.0 Å². The molecule has 0 radical (unpaired) electrons. The van der Waals surface area contributed by atoms with Gasteiger partial charge in [0.2, 0.25) is 10.0 Å². The average Bonchev–Trinajstić information content (AvgIpc) is 2.74. The third kappa shape index (κ3) is 6.56. The lowest BCUT2D eigenvalue weighted by Gasteiger charge is -2.32. The Labute approximate surface area is 186 Å². The highest BCUT2D eigenvalue weighted by atomic mass is 32.2. The first-order chi connectivity index (χ1) is 14.7. The molecular weight excluding hydrogens is 414 g/mol. The summed E-state index contributed by atoms with van der Waals surface area (Å²) < 4.78 is 39.3. The minimum absolute atomic E-state index is 0.183. The zero-order valence-electron chi connectivity index (χ0n) is 18.7. The first-order valence-electron chi connectivity index (χ1n) is 10.3. The molecule has 0 aromatic heterocycles. The van der Waals surface area contributed by atoms with Gasteiger partial charge in [0.1, 0.15) is 16.7 Å². The van der Waals surface area contributed by atoms with Crippen molar-refractivity contribution in [3.05, 3.63) is 72.3 Å². The zero-order valence-corrected chi connectivity index (χ0v) is 19.5. The van der Waals surface area contributed by atoms with E-state index in [1.807, 2.05) is 38.1 Å². The minimum atomic E-state index is -3.84. The van der Waals surface area contributed by atoms with E-state index in [0.29, 0.717) is 11.5 Å². The van der Waals surface area contributed by atoms with Crippen LogP contribution in [0, 0.1) is 5.92 Å². The largest absolute Gasteiger partial charge is 0.497 e. The van der Waals surface area contributed by atoms with Crippen molar-refractivity contribution in [1.29, 1.82) is 0 Å². The topological polar surface area (TPSA) is 76.1 Å². The van der Waals surface area contributed by atoms with Gasteiger partial charge in [-0.3, -0.25) is 0 Å². The van der Waals surface area contributed by atoms with Gasteiger partial charge < -0.3 is 14.6 Å². The van der Waals surface area contributed by atoms with Crippen LogP contribution in [0.3, 0.4) is 0 Å². The fourth-order valence-corrected chi connectivity index (χ4v) is 5.77. The molecule has 2 aromatic carbocycles. The first-order valence-corrected chi connectivity index (χ1v) is 11.8. The molecule has 0 saturated heterocycles. The predicted octanol–water partition coefficient (Wildman–Crippen LogP) is 4.00. The minimum Gasteiger partial charge on any atom is -0.497 e. The molecule has 0 saturated carbocycles. The molecule has 0 unspecified atom stereocenters. The lowest BCUT2D eigenvalue weighted by atomic mass is 10.0. The molecule has 0 aliphatic rings. The van der Waals surface area contributed by atoms with E-state index >= 15 is 0 Å². The molecule has 0 aliphatic heterocycles. The van der Waals surface area contributed by atoms with Crippen LogP contribution in [-0.4, -0.2) is 43.4 Å². The van der Waals surface area contributed by atoms with Crippen LogP contribution in [0.1, 0.15) is 31.4 Å². The summed E-state index contributed by atoms with van der Waals surface area (Å²) in [6, 6.07) is 14.6. The van der Waals surface area contributed by atoms with Gasteiger partial charge in [0, 0.05) is 13.1 Å². The van der Waals surface area contributed by atoms with E-state index in [1.54, 1.807) is 44.6 Å². The number of ether oxygens (including phenoxy) is 2. The molecule has 7 heteroatoms. The van der Waals surface area contributed by atoms with Crippen LogP contribution in [0.25, 0.3) is 0 Å². The lowest BCUT2D eigenvalue weighted by molar-refractivity contribution is 0.151. The normalized spacial score (nSPS) is 13.8. The van der Waals surface area contributed by atoms with E-state index in [1.165, 1.54) is 4.31 Å². The standard InChI is InChI=1S/C24H33NO5S/c1-6-7-23(26)24(18(2)3)31(27,28)25(16-19-8-12-21(29-4)13-9-19)17-20-10-14-22(30-5)15-11-20/h6,8-15,18,23-24,26H,1,7,16-17H2,2-5H3/t23-,24+/m0/s1. The van der Waals surface area contributed by atoms with E-state index in [9.17, 15) is 13.5 Å². The predicted molar refractivity (Wildman–Crippen MR) is 124 cm³/mol. The smallest absolute Gasteiger partial charge is 0.220 e. The fraction of sp³-hybridized carbons (Fsp3) is 0.417. The van der Waals surface area contributed by atoms with Crippen LogP contribution in [-0.2, 0) is 23.1 Å². The van der Waals surface area contributed by atoms with Crippen LogP contribution in [0.4, 0.5) is 0 Å². The van der Waals surface area contributed by atoms with Crippen LogP contribution in [0.2, 0.25) is 0 Å². The van der Waals surface area contributed by atoms with Gasteiger partial charge in [-0.05, 0) is 47.7 Å². The number of benzene rings is 2. The van der Waals surface area contributed by atoms with Gasteiger partial charge in [-0.25, -0.2) is 8.42 Å². The van der Waals surface area contributed by atoms with Crippen LogP contribution in [0.15, 0.2) is 61.2 Å². The second kappa shape index (κ2) is 11.3. The lowest BCUT2D eigenvalue weighted by Crippen LogP contribution is -2.46. The van der Waals surface area contributed by atoms with E-state index in [-0.39, 0.29) is 25.4 Å². The van der Waals surface area contributed by atoms with Crippen molar-refractivity contribution in [3.8, 4) is 11.5 Å². The maximum atomic E-state index is 13.7. The molecule has 1 N–H and O–H groups in total. The number of nitrogens with zero attached hydrogens (tertiary/aromatic N) is 1. The molecule has 0 amide bonds. The number of aliphatic hydroxyl groups excluding tert-OH is 1. The first kappa shape index (κ1) is 24.9. The quantitative estimate of drug-likeness (QED) is 0.498. The summed E-state index contributed by atoms with van der Waals surface area (Å²) >= 11 is 0. The van der Waals surface area contributed by atoms with Crippen molar-refractivity contribution in [2.75, 3.05) is 14.2 Å². The Hall–Kier alpha value is -2.35. The van der Waals surface area contributed by atoms with Gasteiger partial charge in [0.05, 0.1) is 20.3 Å². The van der Waals surface area contributed by atoms with Crippen molar-refractivity contribution in [2.45, 2.75) is 44.7 Å². The highest BCUT2D eigenvalue weighted by Gasteiger charge is 2.39. The van der Waals surface area contributed by atoms with Gasteiger partial charge in [-0.2, -0.15) is 4.31 Å². The molecule has 2 rings (SSSR count). The Bertz CT molecular complexity index is 874. The van der Waals surface area contributed by atoms with Crippen LogP contribution >= 0.6 is 0 Å². The van der Waals surface area contributed by atoms with Crippen molar-refractivity contribution in [1.82, 2.24) is 4.31 Å². The molecule has 31 heavy (non-hydrogen) atoms. The van der Waals surface area contributed by atoms with Crippen LogP contribution in [0.5, 0.6) is 11.5 Å². The number of sulfonamides is 1. The summed E-state index contributed by atoms with van der Waals surface area (Å²) in [5, 5.41) is 9.68. The van der Waals surface area contributed by atoms with Gasteiger partial charge >= 0.3 is 0 Å². The second-order valence-corrected chi connectivity index (χ2v) is 9.90. The molecule has 0 heterocycles. The Balaban J connectivity index is 2.42. The summed E-state index contributed by atoms with van der Waals surface area (Å²) in [5.74, 6) is 1.14. The summed E-state index contributed by atoms with van der Waals surface area (Å²) in [6.07, 6.45) is 0.727. The van der Waals surface area contributed by atoms with E-state index in [2.05, 4.69) is 6.58 Å². The summed E-state index contributed by atoms with van der Waals surface area (Å²) in [4.78, 5) is 0. The monoisotopic (exact) mass is 447 g/mol. The number of rotatable bonds is 12. The van der Waals surface area contributed by atoms with E-state index in [4.69, 9.17) is 9.47 Å². The third-order valence-electron chi connectivity index (χ3n) is 5.18. The molecule has 2 aromatic rings. The van der Waals surface area contributed by atoms with E-state index in [0.717, 1.165) is 11.1 Å². The average molecular weight is 448 g/mol. The van der Waals surface area contributed by atoms with Gasteiger partial charge in [-0.1, -0.05) is 44.2 Å². The molecular formula is C24H33NO5S. The van der Waals surface area contributed by atoms with Gasteiger partial charge in [0.25, 0.3) is 0 Å². The van der Waals surface area contributed by atoms with E-state index < -0.39 is 21.4 Å². The number of hydrogen-bond donors (Lipinski definition) is 1. The zero-order chi connectivity index (χ0) is 23.0. The Kier molecular flexibility index (Phi) is 9.10.